The Morgan fingerprint density at radius 2 is 1.11 bits per heavy atom. The van der Waals surface area contributed by atoms with Crippen LogP contribution in [-0.4, -0.2) is 54.9 Å². The van der Waals surface area contributed by atoms with Crippen molar-refractivity contribution < 1.29 is 0 Å². The Morgan fingerprint density at radius 3 is 1.74 bits per heavy atom. The van der Waals surface area contributed by atoms with Gasteiger partial charge in [-0.15, -0.1) is 10.9 Å². The van der Waals surface area contributed by atoms with E-state index in [9.17, 15) is 0 Å². The zero-order chi connectivity index (χ0) is 14.3. The van der Waals surface area contributed by atoms with Crippen LogP contribution in [-0.2, 0) is 0 Å². The third-order valence-electron chi connectivity index (χ3n) is 4.68. The van der Waals surface area contributed by atoms with Crippen molar-refractivity contribution in [3.63, 3.8) is 0 Å². The first kappa shape index (κ1) is 14.3. The highest BCUT2D eigenvalue weighted by Crippen LogP contribution is 2.08. The smallest absolute Gasteiger partial charge is 0.101 e. The number of benzene rings is 2. The van der Waals surface area contributed by atoms with Gasteiger partial charge in [0.15, 0.2) is 0 Å². The summed E-state index contributed by atoms with van der Waals surface area (Å²) in [5.74, 6) is 0. The van der Waals surface area contributed by atoms with E-state index in [1.54, 1.807) is 0 Å². The van der Waals surface area contributed by atoms with Gasteiger partial charge in [0.25, 0.3) is 0 Å². The summed E-state index contributed by atoms with van der Waals surface area (Å²) in [6, 6.07) is 6.83. The van der Waals surface area contributed by atoms with Gasteiger partial charge in [0.05, 0.1) is 0 Å². The third kappa shape index (κ3) is 2.35. The van der Waals surface area contributed by atoms with Crippen LogP contribution in [0.15, 0.2) is 18.2 Å². The van der Waals surface area contributed by atoms with Gasteiger partial charge < -0.3 is 0 Å². The van der Waals surface area contributed by atoms with E-state index in [0.717, 1.165) is 0 Å². The molecule has 86 valence electrons. The molecule has 0 unspecified atom stereocenters. The van der Waals surface area contributed by atoms with E-state index >= 15 is 0 Å². The second kappa shape index (κ2) is 5.11. The van der Waals surface area contributed by atoms with Crippen molar-refractivity contribution in [2.24, 2.45) is 0 Å². The molecular weight excluding hydrogens is 220 g/mol. The lowest BCUT2D eigenvalue weighted by atomic mass is 9.63. The van der Waals surface area contributed by atoms with Gasteiger partial charge in [-0.2, -0.15) is 0 Å². The molecule has 0 aromatic heterocycles. The van der Waals surface area contributed by atoms with E-state index in [1.807, 2.05) is 0 Å². The maximum atomic E-state index is 2.31. The molecule has 0 bridgehead atoms. The molecule has 0 heterocycles. The molecule has 2 aromatic carbocycles. The van der Waals surface area contributed by atoms with E-state index in [2.05, 4.69) is 73.1 Å². The molecule has 0 saturated heterocycles. The molecule has 0 aliphatic rings. The molecule has 0 nitrogen and oxygen atoms in total. The fraction of sp³-hybridized carbons (Fsp3) is 0. The topological polar surface area (TPSA) is 0 Å². The molecule has 0 radical (unpaired) electrons. The Labute approximate surface area is 123 Å². The Morgan fingerprint density at radius 1 is 0.526 bits per heavy atom. The number of hydrogen-bond donors (Lipinski definition) is 0. The van der Waals surface area contributed by atoms with Crippen molar-refractivity contribution >= 4 is 93.2 Å². The van der Waals surface area contributed by atoms with Crippen LogP contribution in [0.4, 0.5) is 0 Å². The first-order chi connectivity index (χ1) is 8.84. The third-order valence-corrected chi connectivity index (χ3v) is 4.68. The Balaban J connectivity index is 2.80. The van der Waals surface area contributed by atoms with Gasteiger partial charge in [-0.05, 0) is 11.1 Å². The van der Waals surface area contributed by atoms with Crippen molar-refractivity contribution in [2.75, 3.05) is 0 Å². The first-order valence-corrected chi connectivity index (χ1v) is 6.99. The second-order valence-electron chi connectivity index (χ2n) is 5.82. The van der Waals surface area contributed by atoms with Gasteiger partial charge in [-0.25, -0.2) is 0 Å². The minimum atomic E-state index is 1.38. The van der Waals surface area contributed by atoms with Crippen LogP contribution in [0, 0.1) is 0 Å². The van der Waals surface area contributed by atoms with Crippen LogP contribution in [0.2, 0.25) is 0 Å². The quantitative estimate of drug-likeness (QED) is 0.432. The summed E-state index contributed by atoms with van der Waals surface area (Å²) < 4.78 is 0. The van der Waals surface area contributed by atoms with E-state index in [-0.39, 0.29) is 0 Å². The summed E-state index contributed by atoms with van der Waals surface area (Å²) in [5, 5.41) is 0. The fourth-order valence-electron chi connectivity index (χ4n) is 2.93. The van der Waals surface area contributed by atoms with Gasteiger partial charge in [-0.1, -0.05) is 45.5 Å². The van der Waals surface area contributed by atoms with E-state index in [1.165, 1.54) is 49.4 Å². The first-order valence-electron chi connectivity index (χ1n) is 6.99. The predicted molar refractivity (Wildman–Crippen MR) is 109 cm³/mol. The van der Waals surface area contributed by atoms with Gasteiger partial charge in [0.2, 0.25) is 0 Å². The summed E-state index contributed by atoms with van der Waals surface area (Å²) in [5.41, 5.74) is 12.6. The van der Waals surface area contributed by atoms with Crippen LogP contribution in [0.25, 0.3) is 11.1 Å². The molecule has 0 saturated carbocycles. The maximum absolute atomic E-state index is 2.31. The monoisotopic (exact) mass is 238 g/mol. The summed E-state index contributed by atoms with van der Waals surface area (Å²) in [4.78, 5) is 0. The lowest BCUT2D eigenvalue weighted by Crippen LogP contribution is -2.46. The number of hydrogen-bond acceptors (Lipinski definition) is 0. The van der Waals surface area contributed by atoms with Crippen molar-refractivity contribution in [2.45, 2.75) is 0 Å². The van der Waals surface area contributed by atoms with Crippen molar-refractivity contribution in [1.82, 2.24) is 0 Å². The fourth-order valence-corrected chi connectivity index (χ4v) is 2.93. The van der Waals surface area contributed by atoms with Crippen molar-refractivity contribution in [3.05, 3.63) is 18.2 Å². The van der Waals surface area contributed by atoms with Crippen LogP contribution < -0.4 is 38.2 Å². The summed E-state index contributed by atoms with van der Waals surface area (Å²) in [6.45, 7) is 0. The molecule has 0 aliphatic carbocycles. The molecule has 0 amide bonds. The Kier molecular flexibility index (Phi) is 3.85. The van der Waals surface area contributed by atoms with Gasteiger partial charge >= 0.3 is 0 Å². The van der Waals surface area contributed by atoms with Crippen molar-refractivity contribution in [1.29, 1.82) is 0 Å². The average Bonchev–Trinajstić information content (AvgIpc) is 2.36. The zero-order valence-electron chi connectivity index (χ0n) is 13.2. The van der Waals surface area contributed by atoms with Crippen LogP contribution in [0.1, 0.15) is 0 Å². The average molecular weight is 237 g/mol. The van der Waals surface area contributed by atoms with Gasteiger partial charge in [-0.3, -0.25) is 0 Å². The minimum Gasteiger partial charge on any atom is -0.101 e. The molecule has 19 heavy (non-hydrogen) atoms. The molecule has 0 fully saturated rings. The summed E-state index contributed by atoms with van der Waals surface area (Å²) in [7, 11) is 15.6. The van der Waals surface area contributed by atoms with Crippen LogP contribution >= 0.6 is 0 Å². The molecule has 0 N–H and O–H groups in total. The highest BCUT2D eigenvalue weighted by atomic mass is 14.1. The van der Waals surface area contributed by atoms with Gasteiger partial charge in [0.1, 0.15) is 54.9 Å². The second-order valence-corrected chi connectivity index (χ2v) is 5.82. The Hall–Kier alpha value is -1.11. The van der Waals surface area contributed by atoms with Crippen LogP contribution in [0.5, 0.6) is 0 Å². The SMILES string of the molecule is Bc1ccc(-c2c(B)cc(B)c(B)c2B)c(B)c1B. The molecule has 2 rings (SSSR count). The standard InChI is InChI=1S/C12H17B7/c13-5-2-1-4(9(16)10(5)17)8-6(14)3-7(15)11(18)12(8)19/h1-3H,13-19H2. The zero-order valence-corrected chi connectivity index (χ0v) is 13.2. The Bertz CT molecular complexity index is 664. The molecular formula is C12H17B7. The summed E-state index contributed by atoms with van der Waals surface area (Å²) >= 11 is 0. The largest absolute Gasteiger partial charge is 0.140 e. The molecule has 7 heteroatoms. The maximum Gasteiger partial charge on any atom is 0.140 e. The normalized spacial score (nSPS) is 10.5. The van der Waals surface area contributed by atoms with Gasteiger partial charge in [0, 0.05) is 0 Å². The van der Waals surface area contributed by atoms with E-state index < -0.39 is 0 Å². The lowest BCUT2D eigenvalue weighted by Gasteiger charge is -2.20. The highest BCUT2D eigenvalue weighted by molar-refractivity contribution is 6.63. The van der Waals surface area contributed by atoms with Crippen molar-refractivity contribution in [3.8, 4) is 11.1 Å². The van der Waals surface area contributed by atoms with E-state index in [0.29, 0.717) is 0 Å². The van der Waals surface area contributed by atoms with E-state index in [4.69, 9.17) is 0 Å². The summed E-state index contributed by atoms with van der Waals surface area (Å²) in [6.07, 6.45) is 0. The number of rotatable bonds is 1. The highest BCUT2D eigenvalue weighted by Gasteiger charge is 2.12. The molecule has 0 aliphatic heterocycles. The van der Waals surface area contributed by atoms with Crippen LogP contribution in [0.3, 0.4) is 0 Å². The molecule has 0 atom stereocenters. The predicted octanol–water partition coefficient (Wildman–Crippen LogP) is -8.84. The molecule has 2 aromatic rings. The lowest BCUT2D eigenvalue weighted by molar-refractivity contribution is 1.80. The molecule has 0 spiro atoms. The minimum absolute atomic E-state index is 1.38.